The highest BCUT2D eigenvalue weighted by atomic mass is 16.2. The summed E-state index contributed by atoms with van der Waals surface area (Å²) < 4.78 is 1.61. The van der Waals surface area contributed by atoms with Crippen molar-refractivity contribution in [1.82, 2.24) is 20.1 Å². The average molecular weight is 320 g/mol. The van der Waals surface area contributed by atoms with Crippen LogP contribution in [0.2, 0.25) is 0 Å². The molecule has 0 spiro atoms. The molecule has 1 amide bonds. The number of hydrogen-bond acceptors (Lipinski definition) is 3. The van der Waals surface area contributed by atoms with E-state index in [0.717, 1.165) is 17.0 Å². The van der Waals surface area contributed by atoms with E-state index in [4.69, 9.17) is 0 Å². The molecule has 0 saturated heterocycles. The fourth-order valence-corrected chi connectivity index (χ4v) is 2.49. The van der Waals surface area contributed by atoms with Crippen LogP contribution in [-0.4, -0.2) is 20.7 Å². The number of aromatic nitrogens is 3. The van der Waals surface area contributed by atoms with Crippen molar-refractivity contribution in [2.45, 2.75) is 20.4 Å². The zero-order chi connectivity index (χ0) is 17.1. The third-order valence-electron chi connectivity index (χ3n) is 4.07. The van der Waals surface area contributed by atoms with Crippen LogP contribution in [0.3, 0.4) is 0 Å². The zero-order valence-electron chi connectivity index (χ0n) is 14.1. The number of benzene rings is 1. The van der Waals surface area contributed by atoms with Gasteiger partial charge in [-0.15, -0.1) is 0 Å². The Hall–Kier alpha value is -2.95. The van der Waals surface area contributed by atoms with Crippen molar-refractivity contribution in [2.75, 3.05) is 0 Å². The molecule has 3 aromatic rings. The van der Waals surface area contributed by atoms with Crippen molar-refractivity contribution in [1.29, 1.82) is 0 Å². The third-order valence-corrected chi connectivity index (χ3v) is 4.07. The minimum Gasteiger partial charge on any atom is -0.345 e. The van der Waals surface area contributed by atoms with E-state index in [-0.39, 0.29) is 5.91 Å². The van der Waals surface area contributed by atoms with Crippen LogP contribution in [0.5, 0.6) is 0 Å². The second-order valence-electron chi connectivity index (χ2n) is 5.84. The molecule has 1 aromatic carbocycles. The molecule has 5 nitrogen and oxygen atoms in total. The van der Waals surface area contributed by atoms with Crippen LogP contribution < -0.4 is 5.32 Å². The first-order valence-electron chi connectivity index (χ1n) is 7.84. The number of carbonyl (C=O) groups is 1. The van der Waals surface area contributed by atoms with E-state index in [1.54, 1.807) is 17.9 Å². The van der Waals surface area contributed by atoms with Gasteiger partial charge in [-0.05, 0) is 49.2 Å². The van der Waals surface area contributed by atoms with E-state index >= 15 is 0 Å². The second kappa shape index (κ2) is 6.66. The maximum absolute atomic E-state index is 12.4. The summed E-state index contributed by atoms with van der Waals surface area (Å²) in [5.41, 5.74) is 5.60. The van der Waals surface area contributed by atoms with Crippen molar-refractivity contribution >= 4 is 5.91 Å². The number of aryl methyl sites for hydroxylation is 3. The largest absolute Gasteiger partial charge is 0.345 e. The number of hydrogen-bond donors (Lipinski definition) is 1. The summed E-state index contributed by atoms with van der Waals surface area (Å²) in [7, 11) is 1.78. The van der Waals surface area contributed by atoms with Gasteiger partial charge in [-0.1, -0.05) is 18.2 Å². The van der Waals surface area contributed by atoms with E-state index in [9.17, 15) is 4.79 Å². The smallest absolute Gasteiger partial charge is 0.269 e. The Labute approximate surface area is 141 Å². The van der Waals surface area contributed by atoms with E-state index < -0.39 is 0 Å². The molecule has 5 heteroatoms. The number of carbonyl (C=O) groups excluding carboxylic acids is 1. The molecule has 24 heavy (non-hydrogen) atoms. The van der Waals surface area contributed by atoms with Crippen molar-refractivity contribution in [3.05, 3.63) is 71.2 Å². The summed E-state index contributed by atoms with van der Waals surface area (Å²) in [5.74, 6) is -0.161. The molecule has 2 heterocycles. The van der Waals surface area contributed by atoms with Gasteiger partial charge in [0.2, 0.25) is 0 Å². The normalized spacial score (nSPS) is 10.6. The Bertz CT molecular complexity index is 868. The highest BCUT2D eigenvalue weighted by Gasteiger charge is 2.14. The minimum atomic E-state index is -0.161. The summed E-state index contributed by atoms with van der Waals surface area (Å²) in [6, 6.07) is 13.6. The molecule has 0 atom stereocenters. The molecule has 3 rings (SSSR count). The van der Waals surface area contributed by atoms with E-state index in [2.05, 4.69) is 41.4 Å². The Morgan fingerprint density at radius 2 is 1.96 bits per heavy atom. The Morgan fingerprint density at radius 1 is 1.12 bits per heavy atom. The number of nitrogens with one attached hydrogen (secondary N) is 1. The van der Waals surface area contributed by atoms with Crippen molar-refractivity contribution in [3.8, 4) is 11.3 Å². The average Bonchev–Trinajstić information content (AvgIpc) is 2.98. The Balaban J connectivity index is 1.78. The lowest BCUT2D eigenvalue weighted by molar-refractivity contribution is 0.0941. The Kier molecular flexibility index (Phi) is 4.42. The first-order chi connectivity index (χ1) is 11.5. The number of pyridine rings is 1. The van der Waals surface area contributed by atoms with Gasteiger partial charge in [0.25, 0.3) is 5.91 Å². The van der Waals surface area contributed by atoms with Crippen LogP contribution in [0, 0.1) is 13.8 Å². The first kappa shape index (κ1) is 15.9. The third kappa shape index (κ3) is 3.35. The van der Waals surface area contributed by atoms with E-state index in [1.165, 1.54) is 11.1 Å². The van der Waals surface area contributed by atoms with Gasteiger partial charge in [0, 0.05) is 18.8 Å². The fraction of sp³-hybridized carbons (Fsp3) is 0.211. The molecule has 0 bridgehead atoms. The van der Waals surface area contributed by atoms with Crippen LogP contribution in [0.1, 0.15) is 27.3 Å². The van der Waals surface area contributed by atoms with Gasteiger partial charge in [-0.2, -0.15) is 5.10 Å². The predicted molar refractivity (Wildman–Crippen MR) is 93.5 cm³/mol. The van der Waals surface area contributed by atoms with Crippen LogP contribution in [-0.2, 0) is 13.6 Å². The summed E-state index contributed by atoms with van der Waals surface area (Å²) in [6.07, 6.45) is 1.71. The number of amides is 1. The molecule has 0 aliphatic heterocycles. The number of rotatable bonds is 4. The van der Waals surface area contributed by atoms with Gasteiger partial charge in [-0.3, -0.25) is 14.5 Å². The lowest BCUT2D eigenvalue weighted by Crippen LogP contribution is -2.25. The Morgan fingerprint density at radius 3 is 2.67 bits per heavy atom. The highest BCUT2D eigenvalue weighted by Crippen LogP contribution is 2.21. The molecular weight excluding hydrogens is 300 g/mol. The van der Waals surface area contributed by atoms with E-state index in [0.29, 0.717) is 12.2 Å². The molecule has 0 saturated carbocycles. The molecule has 0 aliphatic rings. The standard InChI is InChI=1S/C19H20N4O/c1-13-7-8-15(10-14(13)2)17-11-18(23(3)22-17)19(24)21-12-16-6-4-5-9-20-16/h4-11H,12H2,1-3H3,(H,21,24). The van der Waals surface area contributed by atoms with Crippen LogP contribution >= 0.6 is 0 Å². The molecule has 0 radical (unpaired) electrons. The van der Waals surface area contributed by atoms with Gasteiger partial charge < -0.3 is 5.32 Å². The van der Waals surface area contributed by atoms with Gasteiger partial charge in [-0.25, -0.2) is 0 Å². The van der Waals surface area contributed by atoms with Gasteiger partial charge in [0.05, 0.1) is 17.9 Å². The predicted octanol–water partition coefficient (Wildman–Crippen LogP) is 3.03. The molecule has 2 aromatic heterocycles. The molecular formula is C19H20N4O. The van der Waals surface area contributed by atoms with Crippen molar-refractivity contribution < 1.29 is 4.79 Å². The SMILES string of the molecule is Cc1ccc(-c2cc(C(=O)NCc3ccccn3)n(C)n2)cc1C. The van der Waals surface area contributed by atoms with Crippen LogP contribution in [0.15, 0.2) is 48.7 Å². The summed E-state index contributed by atoms with van der Waals surface area (Å²) in [4.78, 5) is 16.6. The van der Waals surface area contributed by atoms with Crippen LogP contribution in [0.4, 0.5) is 0 Å². The fourth-order valence-electron chi connectivity index (χ4n) is 2.49. The quantitative estimate of drug-likeness (QED) is 0.804. The molecule has 122 valence electrons. The molecule has 0 fully saturated rings. The highest BCUT2D eigenvalue weighted by molar-refractivity contribution is 5.93. The molecule has 0 aliphatic carbocycles. The topological polar surface area (TPSA) is 59.8 Å². The summed E-state index contributed by atoms with van der Waals surface area (Å²) >= 11 is 0. The van der Waals surface area contributed by atoms with Crippen molar-refractivity contribution in [3.63, 3.8) is 0 Å². The van der Waals surface area contributed by atoms with Gasteiger partial charge >= 0.3 is 0 Å². The molecule has 1 N–H and O–H groups in total. The van der Waals surface area contributed by atoms with Crippen LogP contribution in [0.25, 0.3) is 11.3 Å². The van der Waals surface area contributed by atoms with Gasteiger partial charge in [0.15, 0.2) is 0 Å². The summed E-state index contributed by atoms with van der Waals surface area (Å²) in [6.45, 7) is 4.54. The first-order valence-corrected chi connectivity index (χ1v) is 7.84. The van der Waals surface area contributed by atoms with Gasteiger partial charge in [0.1, 0.15) is 5.69 Å². The van der Waals surface area contributed by atoms with Crippen molar-refractivity contribution in [2.24, 2.45) is 7.05 Å². The number of nitrogens with zero attached hydrogens (tertiary/aromatic N) is 3. The zero-order valence-corrected chi connectivity index (χ0v) is 14.1. The summed E-state index contributed by atoms with van der Waals surface area (Å²) in [5, 5.41) is 7.35. The lowest BCUT2D eigenvalue weighted by atomic mass is 10.0. The maximum atomic E-state index is 12.4. The van der Waals surface area contributed by atoms with E-state index in [1.807, 2.05) is 30.3 Å². The monoisotopic (exact) mass is 320 g/mol. The second-order valence-corrected chi connectivity index (χ2v) is 5.84. The molecule has 0 unspecified atom stereocenters. The minimum absolute atomic E-state index is 0.161. The lowest BCUT2D eigenvalue weighted by Gasteiger charge is -2.04. The maximum Gasteiger partial charge on any atom is 0.269 e.